The molecule has 1 saturated heterocycles. The Morgan fingerprint density at radius 1 is 1.18 bits per heavy atom. The van der Waals surface area contributed by atoms with Crippen LogP contribution < -0.4 is 0 Å². The van der Waals surface area contributed by atoms with Crippen molar-refractivity contribution in [1.82, 2.24) is 34.5 Å². The summed E-state index contributed by atoms with van der Waals surface area (Å²) < 4.78 is 1.48. The number of allylic oxidation sites excluding steroid dienone is 2. The highest BCUT2D eigenvalue weighted by atomic mass is 16.2. The van der Waals surface area contributed by atoms with Gasteiger partial charge in [-0.15, -0.1) is 0 Å². The van der Waals surface area contributed by atoms with Gasteiger partial charge in [-0.25, -0.2) is 9.97 Å². The van der Waals surface area contributed by atoms with Crippen LogP contribution in [0.4, 0.5) is 0 Å². The van der Waals surface area contributed by atoms with Crippen molar-refractivity contribution in [2.24, 2.45) is 10.9 Å². The largest absolute Gasteiger partial charge is 0.330 e. The Morgan fingerprint density at radius 3 is 2.52 bits per heavy atom. The van der Waals surface area contributed by atoms with Crippen LogP contribution in [0.1, 0.15) is 43.5 Å². The van der Waals surface area contributed by atoms with Gasteiger partial charge in [-0.2, -0.15) is 5.10 Å². The van der Waals surface area contributed by atoms with Crippen LogP contribution in [0.3, 0.4) is 0 Å². The third-order valence-electron chi connectivity index (χ3n) is 6.65. The number of rotatable bonds is 10. The zero-order chi connectivity index (χ0) is 29.0. The zero-order valence-corrected chi connectivity index (χ0v) is 23.5. The molecule has 4 heterocycles. The quantitative estimate of drug-likeness (QED) is 0.283. The van der Waals surface area contributed by atoms with E-state index in [0.29, 0.717) is 47.5 Å². The monoisotopic (exact) mass is 542 g/mol. The van der Waals surface area contributed by atoms with Crippen molar-refractivity contribution in [2.45, 2.75) is 46.3 Å². The zero-order valence-electron chi connectivity index (χ0n) is 23.5. The average Bonchev–Trinajstić information content (AvgIpc) is 3.48. The lowest BCUT2D eigenvalue weighted by atomic mass is 10.0. The second-order valence-corrected chi connectivity index (χ2v) is 10.2. The number of aliphatic imine (C=N–C) groups is 1. The molecule has 0 radical (unpaired) electrons. The molecule has 0 spiro atoms. The van der Waals surface area contributed by atoms with Crippen LogP contribution in [0, 0.1) is 5.92 Å². The molecule has 0 aliphatic carbocycles. The molecule has 40 heavy (non-hydrogen) atoms. The number of likely N-dealkylation sites (tertiary alicyclic amines) is 1. The topological polar surface area (TPSA) is 127 Å². The van der Waals surface area contributed by atoms with E-state index in [1.807, 2.05) is 25.9 Å². The van der Waals surface area contributed by atoms with Crippen molar-refractivity contribution >= 4 is 34.1 Å². The highest BCUT2D eigenvalue weighted by molar-refractivity contribution is 6.46. The van der Waals surface area contributed by atoms with Gasteiger partial charge in [0.05, 0.1) is 30.0 Å². The summed E-state index contributed by atoms with van der Waals surface area (Å²) in [5.41, 5.74) is 2.34. The van der Waals surface area contributed by atoms with Crippen molar-refractivity contribution in [2.75, 3.05) is 20.6 Å². The number of carbonyl (C=O) groups excluding carboxylic acids is 3. The lowest BCUT2D eigenvalue weighted by Crippen LogP contribution is -2.44. The summed E-state index contributed by atoms with van der Waals surface area (Å²) in [5.74, 6) is 0.106. The van der Waals surface area contributed by atoms with E-state index in [0.717, 1.165) is 0 Å². The predicted octanol–water partition coefficient (Wildman–Crippen LogP) is 3.12. The number of nitrogens with zero attached hydrogens (tertiary/aromatic N) is 8. The van der Waals surface area contributed by atoms with Crippen LogP contribution in [0.25, 0.3) is 22.2 Å². The molecule has 0 N–H and O–H groups in total. The van der Waals surface area contributed by atoms with Gasteiger partial charge in [0, 0.05) is 43.0 Å². The van der Waals surface area contributed by atoms with Crippen LogP contribution in [-0.4, -0.2) is 84.4 Å². The van der Waals surface area contributed by atoms with Gasteiger partial charge in [-0.3, -0.25) is 29.0 Å². The first-order chi connectivity index (χ1) is 19.1. The standard InChI is InChI=1S/C29H34N8O3/c1-7-9-22(30-8-2)29(40)24-10-18(3)15-36(24)27(39)17-37-25-14-31-23(11-21(25)28(34-37)19(4)38)20-12-32-26(33-13-20)16-35(5)6/h7-9,11-14,18,24H,2,10,15-17H2,1,3-6H3/b9-7-,30-22+/t18-,24+/m1/s1. The smallest absolute Gasteiger partial charge is 0.244 e. The molecule has 3 aromatic rings. The van der Waals surface area contributed by atoms with E-state index in [1.165, 1.54) is 17.8 Å². The second-order valence-electron chi connectivity index (χ2n) is 10.2. The first-order valence-electron chi connectivity index (χ1n) is 13.1. The Kier molecular flexibility index (Phi) is 8.73. The van der Waals surface area contributed by atoms with Gasteiger partial charge >= 0.3 is 0 Å². The maximum absolute atomic E-state index is 13.5. The molecule has 0 saturated carbocycles. The third kappa shape index (κ3) is 6.09. The normalized spacial score (nSPS) is 17.8. The van der Waals surface area contributed by atoms with Crippen molar-refractivity contribution in [3.05, 3.63) is 61.1 Å². The van der Waals surface area contributed by atoms with E-state index in [-0.39, 0.29) is 41.3 Å². The van der Waals surface area contributed by atoms with Crippen LogP contribution in [0.15, 0.2) is 54.6 Å². The number of ketones is 2. The van der Waals surface area contributed by atoms with Gasteiger partial charge < -0.3 is 9.80 Å². The molecule has 11 nitrogen and oxygen atoms in total. The van der Waals surface area contributed by atoms with Gasteiger partial charge in [-0.05, 0) is 45.5 Å². The fourth-order valence-corrected chi connectivity index (χ4v) is 4.87. The van der Waals surface area contributed by atoms with E-state index in [2.05, 4.69) is 31.6 Å². The molecule has 3 aromatic heterocycles. The SMILES string of the molecule is C=C/N=C(\C=C/C)C(=O)[C@@H]1C[C@@H](C)CN1C(=O)Cn1nc(C(C)=O)c2cc(-c3cnc(CN(C)C)nc3)ncc21. The molecule has 208 valence electrons. The molecule has 2 atom stereocenters. The number of Topliss-reactive ketones (excluding diaryl/α,β-unsaturated/α-hetero) is 2. The maximum Gasteiger partial charge on any atom is 0.244 e. The van der Waals surface area contributed by atoms with Crippen LogP contribution in [0.2, 0.25) is 0 Å². The van der Waals surface area contributed by atoms with Gasteiger partial charge in [0.2, 0.25) is 11.7 Å². The molecule has 0 bridgehead atoms. The summed E-state index contributed by atoms with van der Waals surface area (Å²) in [5, 5.41) is 5.06. The van der Waals surface area contributed by atoms with E-state index < -0.39 is 6.04 Å². The Morgan fingerprint density at radius 2 is 1.90 bits per heavy atom. The molecular weight excluding hydrogens is 508 g/mol. The summed E-state index contributed by atoms with van der Waals surface area (Å²) in [6.07, 6.45) is 10.2. The van der Waals surface area contributed by atoms with Gasteiger partial charge in [0.15, 0.2) is 5.78 Å². The van der Waals surface area contributed by atoms with Gasteiger partial charge in [0.25, 0.3) is 0 Å². The van der Waals surface area contributed by atoms with Crippen molar-refractivity contribution < 1.29 is 14.4 Å². The lowest BCUT2D eigenvalue weighted by Gasteiger charge is -2.23. The Hall–Kier alpha value is -4.38. The summed E-state index contributed by atoms with van der Waals surface area (Å²) in [6.45, 7) is 9.75. The number of amides is 1. The van der Waals surface area contributed by atoms with E-state index >= 15 is 0 Å². The van der Waals surface area contributed by atoms with Crippen molar-refractivity contribution in [3.63, 3.8) is 0 Å². The minimum absolute atomic E-state index is 0.138. The van der Waals surface area contributed by atoms with Crippen molar-refractivity contribution in [3.8, 4) is 11.3 Å². The molecule has 11 heteroatoms. The average molecular weight is 543 g/mol. The Bertz CT molecular complexity index is 1500. The van der Waals surface area contributed by atoms with Crippen LogP contribution in [-0.2, 0) is 22.7 Å². The van der Waals surface area contributed by atoms with E-state index in [4.69, 9.17) is 0 Å². The highest BCUT2D eigenvalue weighted by Gasteiger charge is 2.39. The van der Waals surface area contributed by atoms with Crippen LogP contribution >= 0.6 is 0 Å². The first kappa shape index (κ1) is 28.6. The van der Waals surface area contributed by atoms with Gasteiger partial charge in [-0.1, -0.05) is 19.6 Å². The number of pyridine rings is 1. The number of hydrogen-bond acceptors (Lipinski definition) is 9. The maximum atomic E-state index is 13.5. The lowest BCUT2D eigenvalue weighted by molar-refractivity contribution is -0.136. The molecule has 1 aliphatic heterocycles. The van der Waals surface area contributed by atoms with E-state index in [9.17, 15) is 14.4 Å². The highest BCUT2D eigenvalue weighted by Crippen LogP contribution is 2.27. The minimum atomic E-state index is -0.633. The molecule has 0 unspecified atom stereocenters. The molecule has 0 aromatic carbocycles. The number of fused-ring (bicyclic) bond motifs is 1. The number of aromatic nitrogens is 5. The summed E-state index contributed by atoms with van der Waals surface area (Å²) >= 11 is 0. The molecule has 1 amide bonds. The number of carbonyl (C=O) groups is 3. The molecule has 1 fully saturated rings. The molecule has 1 aliphatic rings. The van der Waals surface area contributed by atoms with Gasteiger partial charge in [0.1, 0.15) is 23.8 Å². The number of hydrogen-bond donors (Lipinski definition) is 0. The fraction of sp³-hybridized carbons (Fsp3) is 0.379. The minimum Gasteiger partial charge on any atom is -0.330 e. The third-order valence-corrected chi connectivity index (χ3v) is 6.65. The summed E-state index contributed by atoms with van der Waals surface area (Å²) in [7, 11) is 3.89. The predicted molar refractivity (Wildman–Crippen MR) is 153 cm³/mol. The molecule has 4 rings (SSSR count). The Balaban J connectivity index is 1.63. The second kappa shape index (κ2) is 12.2. The molecular formula is C29H34N8O3. The summed E-state index contributed by atoms with van der Waals surface area (Å²) in [4.78, 5) is 60.4. The Labute approximate surface area is 233 Å². The van der Waals surface area contributed by atoms with E-state index in [1.54, 1.807) is 48.6 Å². The fourth-order valence-electron chi connectivity index (χ4n) is 4.87. The van der Waals surface area contributed by atoms with Crippen LogP contribution in [0.5, 0.6) is 0 Å². The van der Waals surface area contributed by atoms with Crippen molar-refractivity contribution in [1.29, 1.82) is 0 Å². The first-order valence-corrected chi connectivity index (χ1v) is 13.1. The summed E-state index contributed by atoms with van der Waals surface area (Å²) in [6, 6.07) is 1.13.